The minimum atomic E-state index is -2.52. The molecular weight excluding hydrogens is 204 g/mol. The largest absolute Gasteiger partial charge is 0.769 e. The summed E-state index contributed by atoms with van der Waals surface area (Å²) < 4.78 is 22.0. The summed E-state index contributed by atoms with van der Waals surface area (Å²) in [7, 11) is 0. The summed E-state index contributed by atoms with van der Waals surface area (Å²) in [4.78, 5) is -1.68. The van der Waals surface area contributed by atoms with Crippen LogP contribution in [-0.4, -0.2) is 8.76 Å². The molecule has 0 N–H and O–H groups in total. The van der Waals surface area contributed by atoms with Crippen molar-refractivity contribution in [3.63, 3.8) is 0 Å². The van der Waals surface area contributed by atoms with Gasteiger partial charge in [-0.05, 0) is 10.4 Å². The Kier molecular flexibility index (Phi) is 2.18. The third-order valence-corrected chi connectivity index (χ3v) is 2.65. The van der Waals surface area contributed by atoms with Crippen molar-refractivity contribution in [1.29, 1.82) is 0 Å². The summed E-state index contributed by atoms with van der Waals surface area (Å²) in [5, 5.41) is 13.5. The van der Waals surface area contributed by atoms with Gasteiger partial charge in [0, 0.05) is 16.6 Å². The fraction of sp³-hybridized carbons (Fsp3) is 0.143. The van der Waals surface area contributed by atoms with Crippen molar-refractivity contribution in [3.8, 4) is 0 Å². The lowest BCUT2D eigenvalue weighted by Crippen LogP contribution is -2.24. The van der Waals surface area contributed by atoms with Crippen LogP contribution in [0, 0.1) is 0 Å². The topological polar surface area (TPSA) is 89.6 Å². The van der Waals surface area contributed by atoms with E-state index in [9.17, 15) is 8.76 Å². The zero-order valence-electron chi connectivity index (χ0n) is 6.90. The fourth-order valence-corrected chi connectivity index (χ4v) is 1.65. The molecule has 0 radical (unpaired) electrons. The van der Waals surface area contributed by atoms with E-state index < -0.39 is 16.1 Å². The molecule has 1 aromatic carbocycles. The highest BCUT2D eigenvalue weighted by molar-refractivity contribution is 7.80. The van der Waals surface area contributed by atoms with Crippen molar-refractivity contribution in [1.82, 2.24) is 0 Å². The molecule has 1 aromatic rings. The Balaban J connectivity index is 2.54. The maximum absolute atomic E-state index is 11.0. The van der Waals surface area contributed by atoms with Crippen molar-refractivity contribution in [2.24, 2.45) is 20.7 Å². The molecule has 0 aromatic heterocycles. The average Bonchev–Trinajstić information content (AvgIpc) is 2.69. The highest BCUT2D eigenvalue weighted by Gasteiger charge is 2.36. The Labute approximate surface area is 82.0 Å². The Morgan fingerprint density at radius 1 is 1.14 bits per heavy atom. The molecule has 0 fully saturated rings. The molecule has 1 atom stereocenters. The van der Waals surface area contributed by atoms with E-state index in [-0.39, 0.29) is 0 Å². The molecule has 0 saturated heterocycles. The van der Waals surface area contributed by atoms with Gasteiger partial charge in [-0.2, -0.15) is 0 Å². The molecule has 1 heterocycles. The summed E-state index contributed by atoms with van der Waals surface area (Å²) in [5.74, 6) is 0. The molecule has 0 aliphatic carbocycles. The Morgan fingerprint density at radius 3 is 2.21 bits per heavy atom. The highest BCUT2D eigenvalue weighted by Crippen LogP contribution is 2.34. The first-order valence-electron chi connectivity index (χ1n) is 3.75. The minimum absolute atomic E-state index is 0.429. The van der Waals surface area contributed by atoms with Gasteiger partial charge < -0.3 is 4.55 Å². The van der Waals surface area contributed by atoms with Crippen molar-refractivity contribution < 1.29 is 8.76 Å². The van der Waals surface area contributed by atoms with Crippen LogP contribution < -0.4 is 0 Å². The van der Waals surface area contributed by atoms with Crippen molar-refractivity contribution in [2.75, 3.05) is 0 Å². The number of nitrogens with zero attached hydrogens (tertiary/aromatic N) is 4. The monoisotopic (exact) mass is 209 g/mol. The first kappa shape index (κ1) is 9.10. The van der Waals surface area contributed by atoms with Gasteiger partial charge in [0.25, 0.3) is 4.99 Å². The molecule has 0 spiro atoms. The summed E-state index contributed by atoms with van der Waals surface area (Å²) >= 11 is -2.52. The zero-order chi connectivity index (χ0) is 10.0. The Morgan fingerprint density at radius 2 is 1.71 bits per heavy atom. The smallest absolute Gasteiger partial charge is 0.280 e. The van der Waals surface area contributed by atoms with E-state index in [1.165, 1.54) is 0 Å². The first-order valence-corrected chi connectivity index (χ1v) is 4.82. The lowest BCUT2D eigenvalue weighted by molar-refractivity contribution is 0.485. The highest BCUT2D eigenvalue weighted by atomic mass is 32.2. The molecule has 72 valence electrons. The van der Waals surface area contributed by atoms with Crippen LogP contribution in [0.4, 0.5) is 0 Å². The summed E-state index contributed by atoms with van der Waals surface area (Å²) in [6.07, 6.45) is 0. The van der Waals surface area contributed by atoms with Crippen molar-refractivity contribution >= 4 is 11.1 Å². The van der Waals surface area contributed by atoms with Crippen LogP contribution in [0.15, 0.2) is 51.0 Å². The van der Waals surface area contributed by atoms with Crippen molar-refractivity contribution in [2.45, 2.75) is 4.99 Å². The van der Waals surface area contributed by atoms with Gasteiger partial charge in [-0.1, -0.05) is 30.3 Å². The molecule has 2 rings (SSSR count). The molecular formula is C7H5N4O2S-. The maximum atomic E-state index is 11.0. The Hall–Kier alpha value is -1.47. The summed E-state index contributed by atoms with van der Waals surface area (Å²) in [6.45, 7) is 0. The predicted molar refractivity (Wildman–Crippen MR) is 46.8 cm³/mol. The molecule has 7 heteroatoms. The third kappa shape index (κ3) is 1.26. The minimum Gasteiger partial charge on any atom is -0.769 e. The van der Waals surface area contributed by atoms with Gasteiger partial charge in [0.1, 0.15) is 0 Å². The molecule has 1 aliphatic heterocycles. The standard InChI is InChI=1S/C7H6N4O2S/c12-14(13)7(8-10-11-9-7)6-4-2-1-3-5-6/h1-5H,(H,12,13)/p-1. The van der Waals surface area contributed by atoms with E-state index in [0.29, 0.717) is 5.56 Å². The second kappa shape index (κ2) is 3.35. The normalized spacial score (nSPS) is 19.8. The second-order valence-electron chi connectivity index (χ2n) is 2.59. The molecule has 1 unspecified atom stereocenters. The van der Waals surface area contributed by atoms with Gasteiger partial charge in [-0.15, -0.1) is 10.2 Å². The second-order valence-corrected chi connectivity index (χ2v) is 3.63. The van der Waals surface area contributed by atoms with Crippen LogP contribution in [0.1, 0.15) is 5.56 Å². The zero-order valence-corrected chi connectivity index (χ0v) is 7.72. The summed E-state index contributed by atoms with van der Waals surface area (Å²) in [5.41, 5.74) is 0.429. The van der Waals surface area contributed by atoms with E-state index in [1.54, 1.807) is 30.3 Å². The first-order chi connectivity index (χ1) is 6.76. The number of hydrogen-bond acceptors (Lipinski definition) is 6. The molecule has 1 aliphatic rings. The van der Waals surface area contributed by atoms with Gasteiger partial charge in [-0.3, -0.25) is 4.21 Å². The number of hydrogen-bond donors (Lipinski definition) is 0. The van der Waals surface area contributed by atoms with Gasteiger partial charge in [-0.25, -0.2) is 0 Å². The van der Waals surface area contributed by atoms with Gasteiger partial charge in [0.15, 0.2) is 0 Å². The summed E-state index contributed by atoms with van der Waals surface area (Å²) in [6, 6.07) is 8.40. The maximum Gasteiger partial charge on any atom is 0.280 e. The van der Waals surface area contributed by atoms with Crippen LogP contribution in [0.2, 0.25) is 0 Å². The van der Waals surface area contributed by atoms with Crippen LogP contribution in [0.5, 0.6) is 0 Å². The third-order valence-electron chi connectivity index (χ3n) is 1.78. The lowest BCUT2D eigenvalue weighted by Gasteiger charge is -2.22. The van der Waals surface area contributed by atoms with Gasteiger partial charge >= 0.3 is 0 Å². The number of rotatable bonds is 2. The Bertz CT molecular complexity index is 405. The number of benzene rings is 1. The lowest BCUT2D eigenvalue weighted by atomic mass is 10.2. The van der Waals surface area contributed by atoms with E-state index >= 15 is 0 Å². The van der Waals surface area contributed by atoms with E-state index in [1.807, 2.05) is 0 Å². The van der Waals surface area contributed by atoms with Crippen molar-refractivity contribution in [3.05, 3.63) is 35.9 Å². The molecule has 6 nitrogen and oxygen atoms in total. The predicted octanol–water partition coefficient (Wildman–Crippen LogP) is 1.51. The molecule has 0 amide bonds. The van der Waals surface area contributed by atoms with Crippen LogP contribution in [0.25, 0.3) is 0 Å². The van der Waals surface area contributed by atoms with Gasteiger partial charge in [0.05, 0.1) is 0 Å². The fourth-order valence-electron chi connectivity index (χ4n) is 1.11. The van der Waals surface area contributed by atoms with E-state index in [2.05, 4.69) is 20.7 Å². The van der Waals surface area contributed by atoms with Crippen LogP contribution >= 0.6 is 0 Å². The van der Waals surface area contributed by atoms with Crippen LogP contribution in [-0.2, 0) is 16.1 Å². The molecule has 14 heavy (non-hydrogen) atoms. The van der Waals surface area contributed by atoms with Gasteiger partial charge in [0.2, 0.25) is 0 Å². The van der Waals surface area contributed by atoms with Crippen LogP contribution in [0.3, 0.4) is 0 Å². The average molecular weight is 209 g/mol. The quantitative estimate of drug-likeness (QED) is 0.691. The molecule has 0 bridgehead atoms. The molecule has 0 saturated carbocycles. The van der Waals surface area contributed by atoms with E-state index in [4.69, 9.17) is 0 Å². The SMILES string of the molecule is O=S([O-])C1(c2ccccc2)N=NN=N1. The van der Waals surface area contributed by atoms with E-state index in [0.717, 1.165) is 0 Å².